The predicted octanol–water partition coefficient (Wildman–Crippen LogP) is 5.85. The summed E-state index contributed by atoms with van der Waals surface area (Å²) in [5.74, 6) is 1.26. The van der Waals surface area contributed by atoms with E-state index in [-0.39, 0.29) is 11.7 Å². The molecule has 1 N–H and O–H groups in total. The zero-order valence-electron chi connectivity index (χ0n) is 16.5. The minimum absolute atomic E-state index is 0.185. The number of rotatable bonds is 9. The maximum absolute atomic E-state index is 12.0. The lowest BCUT2D eigenvalue weighted by Crippen LogP contribution is -2.19. The van der Waals surface area contributed by atoms with Crippen LogP contribution in [0.4, 0.5) is 0 Å². The lowest BCUT2D eigenvalue weighted by Gasteiger charge is -2.04. The molecule has 0 radical (unpaired) electrons. The van der Waals surface area contributed by atoms with Gasteiger partial charge in [-0.15, -0.1) is 10.2 Å². The maximum atomic E-state index is 12.0. The molecule has 156 valence electrons. The zero-order chi connectivity index (χ0) is 21.3. The van der Waals surface area contributed by atoms with Crippen molar-refractivity contribution in [2.45, 2.75) is 34.2 Å². The molecule has 2 aromatic carbocycles. The molecule has 0 aliphatic rings. The largest absolute Gasteiger partial charge is 0.272 e. The topological polar surface area (TPSA) is 67.2 Å². The molecule has 5 nitrogen and oxygen atoms in total. The van der Waals surface area contributed by atoms with E-state index in [0.717, 1.165) is 30.6 Å². The number of benzene rings is 2. The minimum atomic E-state index is -0.185. The van der Waals surface area contributed by atoms with Crippen molar-refractivity contribution in [3.8, 4) is 0 Å². The van der Waals surface area contributed by atoms with E-state index in [9.17, 15) is 4.79 Å². The summed E-state index contributed by atoms with van der Waals surface area (Å²) in [4.78, 5) is 12.0. The van der Waals surface area contributed by atoms with Crippen LogP contribution in [0.25, 0.3) is 0 Å². The number of carbonyl (C=O) groups excluding carboxylic acids is 1. The Morgan fingerprint density at radius 1 is 1.13 bits per heavy atom. The number of thioether (sulfide) groups is 2. The van der Waals surface area contributed by atoms with Crippen molar-refractivity contribution in [1.29, 1.82) is 0 Å². The molecule has 1 heterocycles. The first-order valence-corrected chi connectivity index (χ1v) is 12.4. The van der Waals surface area contributed by atoms with Gasteiger partial charge in [-0.1, -0.05) is 103 Å². The molecule has 1 aromatic heterocycles. The number of carbonyl (C=O) groups is 1. The maximum Gasteiger partial charge on any atom is 0.250 e. The second-order valence-corrected chi connectivity index (χ2v) is 10.4. The van der Waals surface area contributed by atoms with Crippen molar-refractivity contribution in [2.75, 3.05) is 5.75 Å². The highest BCUT2D eigenvalue weighted by atomic mass is 35.5. The average molecular weight is 477 g/mol. The van der Waals surface area contributed by atoms with Crippen LogP contribution in [0.5, 0.6) is 0 Å². The molecule has 0 spiro atoms. The van der Waals surface area contributed by atoms with Gasteiger partial charge in [0.15, 0.2) is 8.68 Å². The van der Waals surface area contributed by atoms with E-state index in [1.54, 1.807) is 18.0 Å². The SMILES string of the molecule is CC(C)c1ccc(C=NNC(=O)CSc2nnc(SCc3ccccc3Cl)s2)cc1. The summed E-state index contributed by atoms with van der Waals surface area (Å²) in [7, 11) is 0. The van der Waals surface area contributed by atoms with Gasteiger partial charge in [-0.25, -0.2) is 5.43 Å². The monoisotopic (exact) mass is 476 g/mol. The normalized spacial score (nSPS) is 11.3. The molecule has 0 saturated heterocycles. The lowest BCUT2D eigenvalue weighted by atomic mass is 10.0. The van der Waals surface area contributed by atoms with Gasteiger partial charge in [-0.3, -0.25) is 4.79 Å². The van der Waals surface area contributed by atoms with Gasteiger partial charge in [-0.05, 0) is 28.7 Å². The first-order valence-electron chi connectivity index (χ1n) is 9.25. The molecule has 0 aliphatic carbocycles. The molecule has 3 rings (SSSR count). The number of nitrogens with zero attached hydrogens (tertiary/aromatic N) is 3. The summed E-state index contributed by atoms with van der Waals surface area (Å²) >= 11 is 10.6. The molecule has 1 amide bonds. The van der Waals surface area contributed by atoms with Crippen LogP contribution in [0.15, 0.2) is 62.3 Å². The molecular formula is C21H21ClN4OS3. The van der Waals surface area contributed by atoms with E-state index < -0.39 is 0 Å². The molecular weight excluding hydrogens is 456 g/mol. The Labute approximate surface area is 193 Å². The second kappa shape index (κ2) is 11.5. The van der Waals surface area contributed by atoms with E-state index in [4.69, 9.17) is 11.6 Å². The summed E-state index contributed by atoms with van der Waals surface area (Å²) in [6.45, 7) is 4.30. The molecule has 0 atom stereocenters. The van der Waals surface area contributed by atoms with Crippen molar-refractivity contribution in [2.24, 2.45) is 5.10 Å². The lowest BCUT2D eigenvalue weighted by molar-refractivity contribution is -0.118. The van der Waals surface area contributed by atoms with E-state index >= 15 is 0 Å². The molecule has 0 unspecified atom stereocenters. The van der Waals surface area contributed by atoms with E-state index in [1.807, 2.05) is 36.4 Å². The summed E-state index contributed by atoms with van der Waals surface area (Å²) in [6.07, 6.45) is 1.64. The van der Waals surface area contributed by atoms with Gasteiger partial charge < -0.3 is 0 Å². The standard InChI is InChI=1S/C21H21ClN4OS3/c1-14(2)16-9-7-15(8-10-16)11-23-24-19(27)13-29-21-26-25-20(30-21)28-12-17-5-3-4-6-18(17)22/h3-11,14H,12-13H2,1-2H3,(H,24,27). The zero-order valence-corrected chi connectivity index (χ0v) is 19.7. The third-order valence-corrected chi connectivity index (χ3v) is 7.64. The third kappa shape index (κ3) is 7.12. The fourth-order valence-corrected chi connectivity index (χ4v) is 5.47. The molecule has 9 heteroatoms. The number of aromatic nitrogens is 2. The van der Waals surface area contributed by atoms with Gasteiger partial charge in [0.25, 0.3) is 5.91 Å². The average Bonchev–Trinajstić information content (AvgIpc) is 3.20. The predicted molar refractivity (Wildman–Crippen MR) is 128 cm³/mol. The Morgan fingerprint density at radius 3 is 2.53 bits per heavy atom. The van der Waals surface area contributed by atoms with Gasteiger partial charge in [0, 0.05) is 10.8 Å². The molecule has 0 fully saturated rings. The van der Waals surface area contributed by atoms with Crippen LogP contribution >= 0.6 is 46.5 Å². The number of hydrogen-bond donors (Lipinski definition) is 1. The quantitative estimate of drug-likeness (QED) is 0.238. The van der Waals surface area contributed by atoms with Gasteiger partial charge >= 0.3 is 0 Å². The highest BCUT2D eigenvalue weighted by molar-refractivity contribution is 8.03. The van der Waals surface area contributed by atoms with Crippen LogP contribution in [0, 0.1) is 0 Å². The highest BCUT2D eigenvalue weighted by Crippen LogP contribution is 2.32. The number of halogens is 1. The van der Waals surface area contributed by atoms with Crippen molar-refractivity contribution in [1.82, 2.24) is 15.6 Å². The second-order valence-electron chi connectivity index (χ2n) is 6.62. The Morgan fingerprint density at radius 2 is 1.83 bits per heavy atom. The van der Waals surface area contributed by atoms with Gasteiger partial charge in [0.1, 0.15) is 0 Å². The van der Waals surface area contributed by atoms with Crippen molar-refractivity contribution < 1.29 is 4.79 Å². The number of hydrazone groups is 1. The van der Waals surface area contributed by atoms with Crippen LogP contribution in [-0.2, 0) is 10.5 Å². The molecule has 0 bridgehead atoms. The van der Waals surface area contributed by atoms with Crippen molar-refractivity contribution in [3.05, 3.63) is 70.2 Å². The molecule has 0 aliphatic heterocycles. The van der Waals surface area contributed by atoms with Crippen molar-refractivity contribution in [3.63, 3.8) is 0 Å². The Hall–Kier alpha value is -1.87. The summed E-state index contributed by atoms with van der Waals surface area (Å²) < 4.78 is 1.60. The Balaban J connectivity index is 1.41. The molecule has 30 heavy (non-hydrogen) atoms. The highest BCUT2D eigenvalue weighted by Gasteiger charge is 2.09. The van der Waals surface area contributed by atoms with Gasteiger partial charge in [-0.2, -0.15) is 5.10 Å². The smallest absolute Gasteiger partial charge is 0.250 e. The number of nitrogens with one attached hydrogen (secondary N) is 1. The van der Waals surface area contributed by atoms with Gasteiger partial charge in [0.2, 0.25) is 0 Å². The Bertz CT molecular complexity index is 1010. The summed E-state index contributed by atoms with van der Waals surface area (Å²) in [6, 6.07) is 15.9. The summed E-state index contributed by atoms with van der Waals surface area (Å²) in [5.41, 5.74) is 5.82. The van der Waals surface area contributed by atoms with Crippen LogP contribution in [0.1, 0.15) is 36.5 Å². The van der Waals surface area contributed by atoms with E-state index in [2.05, 4.69) is 46.7 Å². The Kier molecular flexibility index (Phi) is 8.74. The van der Waals surface area contributed by atoms with Crippen LogP contribution < -0.4 is 5.43 Å². The first-order chi connectivity index (χ1) is 14.5. The van der Waals surface area contributed by atoms with Gasteiger partial charge in [0.05, 0.1) is 12.0 Å². The van der Waals surface area contributed by atoms with E-state index in [0.29, 0.717) is 5.92 Å². The van der Waals surface area contributed by atoms with Crippen LogP contribution in [-0.4, -0.2) is 28.1 Å². The van der Waals surface area contributed by atoms with E-state index in [1.165, 1.54) is 28.7 Å². The van der Waals surface area contributed by atoms with Crippen LogP contribution in [0.2, 0.25) is 5.02 Å². The minimum Gasteiger partial charge on any atom is -0.272 e. The fraction of sp³-hybridized carbons (Fsp3) is 0.238. The number of hydrogen-bond acceptors (Lipinski definition) is 7. The summed E-state index contributed by atoms with van der Waals surface area (Å²) in [5, 5.41) is 13.1. The molecule has 0 saturated carbocycles. The molecule has 3 aromatic rings. The third-order valence-electron chi connectivity index (χ3n) is 4.03. The van der Waals surface area contributed by atoms with Crippen molar-refractivity contribution >= 4 is 58.6 Å². The van der Waals surface area contributed by atoms with Crippen LogP contribution in [0.3, 0.4) is 0 Å². The first kappa shape index (κ1) is 22.8. The fourth-order valence-electron chi connectivity index (χ4n) is 2.37. The number of amides is 1.